The normalized spacial score (nSPS) is 17.6. The number of carbonyl (C=O) groups excluding carboxylic acids is 2. The number of nitrogens with zero attached hydrogens (tertiary/aromatic N) is 3. The van der Waals surface area contributed by atoms with Gasteiger partial charge in [0.25, 0.3) is 0 Å². The Labute approximate surface area is 170 Å². The molecule has 0 amide bonds. The number of hydrogen-bond donors (Lipinski definition) is 0. The average molecular weight is 395 g/mol. The number of aryl methyl sites for hydroxylation is 1. The molecule has 1 spiro atoms. The summed E-state index contributed by atoms with van der Waals surface area (Å²) in [5.74, 6) is 1.01. The molecule has 0 atom stereocenters. The van der Waals surface area contributed by atoms with E-state index in [1.165, 1.54) is 12.5 Å². The fourth-order valence-electron chi connectivity index (χ4n) is 4.11. The number of hydrogen-bond acceptors (Lipinski definition) is 7. The summed E-state index contributed by atoms with van der Waals surface area (Å²) in [6.07, 6.45) is 4.67. The fourth-order valence-corrected chi connectivity index (χ4v) is 4.11. The van der Waals surface area contributed by atoms with Crippen LogP contribution >= 0.6 is 0 Å². The summed E-state index contributed by atoms with van der Waals surface area (Å²) >= 11 is 0. The van der Waals surface area contributed by atoms with E-state index in [-0.39, 0.29) is 5.78 Å². The summed E-state index contributed by atoms with van der Waals surface area (Å²) in [6, 6.07) is 3.84. The third kappa shape index (κ3) is 3.45. The zero-order chi connectivity index (χ0) is 20.6. The van der Waals surface area contributed by atoms with Gasteiger partial charge in [0.05, 0.1) is 18.6 Å². The molecule has 0 radical (unpaired) electrons. The highest BCUT2D eigenvalue weighted by atomic mass is 16.5. The lowest BCUT2D eigenvalue weighted by atomic mass is 9.81. The van der Waals surface area contributed by atoms with Gasteiger partial charge in [0.2, 0.25) is 0 Å². The van der Waals surface area contributed by atoms with E-state index in [2.05, 4.69) is 9.97 Å². The Morgan fingerprint density at radius 2 is 2.03 bits per heavy atom. The first-order valence-corrected chi connectivity index (χ1v) is 9.98. The number of benzene rings is 1. The number of Topliss-reactive ketones (excluding diaryl/α,β-unsaturated/α-hetero) is 1. The molecule has 1 fully saturated rings. The first kappa shape index (κ1) is 19.4. The number of fused-ring (bicyclic) bond motifs is 1. The molecular weight excluding hydrogens is 370 g/mol. The van der Waals surface area contributed by atoms with E-state index >= 15 is 0 Å². The lowest BCUT2D eigenvalue weighted by Crippen LogP contribution is -2.51. The standard InChI is InChI=1S/C22H25N3O4/c1-4-28-21(27)17-12-23-13-24-20(17)25-9-7-22(8-10-25)11-18(26)16-6-5-14(2)15(3)19(16)29-22/h5-6,12-13H,4,7-11H2,1-3H3. The van der Waals surface area contributed by atoms with Gasteiger partial charge in [-0.3, -0.25) is 4.79 Å². The van der Waals surface area contributed by atoms with Crippen molar-refractivity contribution in [2.24, 2.45) is 0 Å². The Bertz CT molecular complexity index is 965. The Kier molecular flexibility index (Phi) is 4.98. The lowest BCUT2D eigenvalue weighted by Gasteiger charge is -2.44. The van der Waals surface area contributed by atoms with Gasteiger partial charge in [-0.05, 0) is 38.0 Å². The molecule has 0 aliphatic carbocycles. The zero-order valence-electron chi connectivity index (χ0n) is 17.0. The van der Waals surface area contributed by atoms with E-state index in [9.17, 15) is 9.59 Å². The average Bonchev–Trinajstić information content (AvgIpc) is 2.72. The summed E-state index contributed by atoms with van der Waals surface area (Å²) in [4.78, 5) is 35.4. The molecule has 2 aliphatic rings. The minimum absolute atomic E-state index is 0.136. The number of rotatable bonds is 3. The van der Waals surface area contributed by atoms with Crippen molar-refractivity contribution in [3.63, 3.8) is 0 Å². The topological polar surface area (TPSA) is 81.6 Å². The van der Waals surface area contributed by atoms with Crippen LogP contribution in [0.5, 0.6) is 5.75 Å². The first-order chi connectivity index (χ1) is 13.9. The van der Waals surface area contributed by atoms with E-state index in [1.807, 2.05) is 30.9 Å². The molecule has 0 N–H and O–H groups in total. The third-order valence-corrected chi connectivity index (χ3v) is 5.94. The van der Waals surface area contributed by atoms with E-state index in [0.29, 0.717) is 55.9 Å². The molecule has 7 nitrogen and oxygen atoms in total. The van der Waals surface area contributed by atoms with Crippen molar-refractivity contribution in [2.45, 2.75) is 45.6 Å². The van der Waals surface area contributed by atoms with Gasteiger partial charge < -0.3 is 14.4 Å². The van der Waals surface area contributed by atoms with Crippen molar-refractivity contribution in [2.75, 3.05) is 24.6 Å². The van der Waals surface area contributed by atoms with Crippen LogP contribution in [0, 0.1) is 13.8 Å². The molecule has 2 aliphatic heterocycles. The van der Waals surface area contributed by atoms with Gasteiger partial charge in [-0.15, -0.1) is 0 Å². The molecular formula is C22H25N3O4. The van der Waals surface area contributed by atoms with Crippen LogP contribution in [0.2, 0.25) is 0 Å². The number of ketones is 1. The molecule has 1 aromatic carbocycles. The highest BCUT2D eigenvalue weighted by molar-refractivity contribution is 6.01. The molecule has 0 unspecified atom stereocenters. The predicted molar refractivity (Wildman–Crippen MR) is 108 cm³/mol. The van der Waals surface area contributed by atoms with Gasteiger partial charge in [0.15, 0.2) is 5.78 Å². The Morgan fingerprint density at radius 3 is 2.76 bits per heavy atom. The highest BCUT2D eigenvalue weighted by Crippen LogP contribution is 2.42. The molecule has 3 heterocycles. The van der Waals surface area contributed by atoms with Gasteiger partial charge >= 0.3 is 5.97 Å². The molecule has 0 bridgehead atoms. The molecule has 7 heteroatoms. The van der Waals surface area contributed by atoms with Crippen molar-refractivity contribution >= 4 is 17.6 Å². The van der Waals surface area contributed by atoms with Crippen LogP contribution in [0.1, 0.15) is 58.0 Å². The minimum Gasteiger partial charge on any atom is -0.486 e. The maximum atomic E-state index is 12.8. The van der Waals surface area contributed by atoms with Crippen molar-refractivity contribution in [1.82, 2.24) is 9.97 Å². The van der Waals surface area contributed by atoms with E-state index in [0.717, 1.165) is 16.9 Å². The van der Waals surface area contributed by atoms with E-state index < -0.39 is 11.6 Å². The van der Waals surface area contributed by atoms with E-state index in [1.54, 1.807) is 6.92 Å². The van der Waals surface area contributed by atoms with E-state index in [4.69, 9.17) is 9.47 Å². The number of piperidine rings is 1. The summed E-state index contributed by atoms with van der Waals surface area (Å²) in [6.45, 7) is 7.37. The largest absolute Gasteiger partial charge is 0.486 e. The SMILES string of the molecule is CCOC(=O)c1cncnc1N1CCC2(CC1)CC(=O)c1ccc(C)c(C)c1O2. The van der Waals surface area contributed by atoms with Gasteiger partial charge in [-0.25, -0.2) is 14.8 Å². The summed E-state index contributed by atoms with van der Waals surface area (Å²) < 4.78 is 11.6. The van der Waals surface area contributed by atoms with Crippen LogP contribution in [0.25, 0.3) is 0 Å². The van der Waals surface area contributed by atoms with Crippen molar-refractivity contribution in [3.05, 3.63) is 46.9 Å². The van der Waals surface area contributed by atoms with Crippen molar-refractivity contribution in [1.29, 1.82) is 0 Å². The smallest absolute Gasteiger partial charge is 0.343 e. The van der Waals surface area contributed by atoms with Crippen LogP contribution in [0.4, 0.5) is 5.82 Å². The molecule has 4 rings (SSSR count). The van der Waals surface area contributed by atoms with Crippen LogP contribution in [-0.4, -0.2) is 47.0 Å². The van der Waals surface area contributed by atoms with Gasteiger partial charge in [-0.1, -0.05) is 6.07 Å². The second kappa shape index (κ2) is 7.46. The number of ether oxygens (including phenoxy) is 2. The lowest BCUT2D eigenvalue weighted by molar-refractivity contribution is 0.0224. The Balaban J connectivity index is 1.56. The molecule has 29 heavy (non-hydrogen) atoms. The molecule has 1 aromatic heterocycles. The third-order valence-electron chi connectivity index (χ3n) is 5.94. The molecule has 152 valence electrons. The number of carbonyl (C=O) groups is 2. The van der Waals surface area contributed by atoms with Crippen LogP contribution in [-0.2, 0) is 4.74 Å². The van der Waals surface area contributed by atoms with Gasteiger partial charge in [0.1, 0.15) is 29.1 Å². The second-order valence-electron chi connectivity index (χ2n) is 7.74. The van der Waals surface area contributed by atoms with Gasteiger partial charge in [0, 0.05) is 32.1 Å². The quantitative estimate of drug-likeness (QED) is 0.738. The van der Waals surface area contributed by atoms with Crippen LogP contribution in [0.15, 0.2) is 24.7 Å². The zero-order valence-corrected chi connectivity index (χ0v) is 17.0. The molecule has 1 saturated heterocycles. The second-order valence-corrected chi connectivity index (χ2v) is 7.74. The Hall–Kier alpha value is -2.96. The monoisotopic (exact) mass is 395 g/mol. The van der Waals surface area contributed by atoms with Gasteiger partial charge in [-0.2, -0.15) is 0 Å². The maximum absolute atomic E-state index is 12.8. The number of anilines is 1. The fraction of sp³-hybridized carbons (Fsp3) is 0.455. The summed E-state index contributed by atoms with van der Waals surface area (Å²) in [7, 11) is 0. The predicted octanol–water partition coefficient (Wildman–Crippen LogP) is 3.27. The first-order valence-electron chi connectivity index (χ1n) is 9.98. The van der Waals surface area contributed by atoms with Crippen LogP contribution < -0.4 is 9.64 Å². The Morgan fingerprint density at radius 1 is 1.28 bits per heavy atom. The molecule has 0 saturated carbocycles. The highest BCUT2D eigenvalue weighted by Gasteiger charge is 2.44. The van der Waals surface area contributed by atoms with Crippen LogP contribution in [0.3, 0.4) is 0 Å². The maximum Gasteiger partial charge on any atom is 0.343 e. The number of aromatic nitrogens is 2. The van der Waals surface area contributed by atoms with Crippen molar-refractivity contribution < 1.29 is 19.1 Å². The number of esters is 1. The molecule has 2 aromatic rings. The summed E-state index contributed by atoms with van der Waals surface area (Å²) in [5.41, 5.74) is 2.68. The minimum atomic E-state index is -0.504. The summed E-state index contributed by atoms with van der Waals surface area (Å²) in [5, 5.41) is 0. The van der Waals surface area contributed by atoms with Crippen molar-refractivity contribution in [3.8, 4) is 5.75 Å².